The summed E-state index contributed by atoms with van der Waals surface area (Å²) in [6.07, 6.45) is 4.48. The van der Waals surface area contributed by atoms with Crippen LogP contribution in [-0.2, 0) is 9.59 Å². The fourth-order valence-electron chi connectivity index (χ4n) is 1.82. The first-order chi connectivity index (χ1) is 7.59. The fraction of sp³-hybridized carbons (Fsp3) is 0.833. The van der Waals surface area contributed by atoms with Crippen LogP contribution in [0.25, 0.3) is 0 Å². The van der Waals surface area contributed by atoms with Crippen molar-refractivity contribution >= 4 is 11.8 Å². The van der Waals surface area contributed by atoms with Crippen LogP contribution in [0.15, 0.2) is 0 Å². The van der Waals surface area contributed by atoms with Crippen molar-refractivity contribution in [1.82, 2.24) is 10.6 Å². The molecule has 0 aromatic heterocycles. The van der Waals surface area contributed by atoms with E-state index in [4.69, 9.17) is 0 Å². The monoisotopic (exact) mass is 226 g/mol. The van der Waals surface area contributed by atoms with Crippen molar-refractivity contribution in [3.8, 4) is 0 Å². The van der Waals surface area contributed by atoms with Crippen LogP contribution in [0.3, 0.4) is 0 Å². The second kappa shape index (κ2) is 6.51. The van der Waals surface area contributed by atoms with Crippen LogP contribution < -0.4 is 10.6 Å². The van der Waals surface area contributed by atoms with E-state index in [1.807, 2.05) is 0 Å². The van der Waals surface area contributed by atoms with Gasteiger partial charge in [0.2, 0.25) is 11.8 Å². The highest BCUT2D eigenvalue weighted by molar-refractivity contribution is 5.90. The molecule has 16 heavy (non-hydrogen) atoms. The van der Waals surface area contributed by atoms with Crippen molar-refractivity contribution in [2.24, 2.45) is 5.92 Å². The van der Waals surface area contributed by atoms with Crippen molar-refractivity contribution in [1.29, 1.82) is 0 Å². The molecular formula is C12H22N2O2. The second-order valence-corrected chi connectivity index (χ2v) is 4.84. The second-order valence-electron chi connectivity index (χ2n) is 4.84. The van der Waals surface area contributed by atoms with E-state index in [0.717, 1.165) is 25.3 Å². The largest absolute Gasteiger partial charge is 0.354 e. The zero-order valence-corrected chi connectivity index (χ0v) is 10.2. The molecule has 92 valence electrons. The molecule has 4 nitrogen and oxygen atoms in total. The molecule has 1 heterocycles. The maximum absolute atomic E-state index is 11.6. The van der Waals surface area contributed by atoms with Gasteiger partial charge < -0.3 is 10.6 Å². The minimum atomic E-state index is -0.294. The van der Waals surface area contributed by atoms with E-state index in [1.165, 1.54) is 6.42 Å². The van der Waals surface area contributed by atoms with Crippen molar-refractivity contribution < 1.29 is 9.59 Å². The van der Waals surface area contributed by atoms with E-state index in [9.17, 15) is 9.59 Å². The predicted octanol–water partition coefficient (Wildman–Crippen LogP) is 1.21. The summed E-state index contributed by atoms with van der Waals surface area (Å²) in [5, 5.41) is 5.53. The molecule has 0 aromatic carbocycles. The Kier molecular flexibility index (Phi) is 5.29. The maximum Gasteiger partial charge on any atom is 0.242 e. The van der Waals surface area contributed by atoms with Crippen molar-refractivity contribution in [2.45, 2.75) is 52.0 Å². The topological polar surface area (TPSA) is 58.2 Å². The van der Waals surface area contributed by atoms with E-state index >= 15 is 0 Å². The number of carbonyl (C=O) groups excluding carboxylic acids is 2. The Morgan fingerprint density at radius 1 is 1.50 bits per heavy atom. The van der Waals surface area contributed by atoms with Gasteiger partial charge in [-0.05, 0) is 18.8 Å². The molecule has 0 aromatic rings. The van der Waals surface area contributed by atoms with Gasteiger partial charge in [0.25, 0.3) is 0 Å². The summed E-state index contributed by atoms with van der Waals surface area (Å²) in [6, 6.07) is -0.294. The number of hydrogen-bond donors (Lipinski definition) is 2. The van der Waals surface area contributed by atoms with Crippen LogP contribution >= 0.6 is 0 Å². The molecule has 2 N–H and O–H groups in total. The number of amides is 2. The Bertz CT molecular complexity index is 251. The molecule has 1 atom stereocenters. The Hall–Kier alpha value is -1.06. The molecule has 0 spiro atoms. The highest BCUT2D eigenvalue weighted by Crippen LogP contribution is 2.07. The molecular weight excluding hydrogens is 204 g/mol. The smallest absolute Gasteiger partial charge is 0.242 e. The normalized spacial score (nSPS) is 19.9. The molecule has 0 saturated carbocycles. The SMILES string of the molecule is CC(C)CCCCNC(=O)C1CCC(=O)N1. The minimum Gasteiger partial charge on any atom is -0.354 e. The van der Waals surface area contributed by atoms with Crippen LogP contribution in [-0.4, -0.2) is 24.4 Å². The summed E-state index contributed by atoms with van der Waals surface area (Å²) in [5.41, 5.74) is 0. The first kappa shape index (κ1) is 13.0. The summed E-state index contributed by atoms with van der Waals surface area (Å²) in [7, 11) is 0. The zero-order chi connectivity index (χ0) is 12.0. The lowest BCUT2D eigenvalue weighted by Crippen LogP contribution is -2.41. The lowest BCUT2D eigenvalue weighted by Gasteiger charge is -2.11. The molecule has 0 bridgehead atoms. The molecule has 1 fully saturated rings. The standard InChI is InChI=1S/C12H22N2O2/c1-9(2)5-3-4-8-13-12(16)10-6-7-11(15)14-10/h9-10H,3-8H2,1-2H3,(H,13,16)(H,14,15). The predicted molar refractivity (Wildman–Crippen MR) is 62.9 cm³/mol. The molecule has 1 rings (SSSR count). The summed E-state index contributed by atoms with van der Waals surface area (Å²) < 4.78 is 0. The van der Waals surface area contributed by atoms with E-state index in [1.54, 1.807) is 0 Å². The van der Waals surface area contributed by atoms with Crippen molar-refractivity contribution in [2.75, 3.05) is 6.54 Å². The van der Waals surface area contributed by atoms with Gasteiger partial charge in [-0.25, -0.2) is 0 Å². The van der Waals surface area contributed by atoms with Gasteiger partial charge in [0.1, 0.15) is 6.04 Å². The van der Waals surface area contributed by atoms with Gasteiger partial charge in [0, 0.05) is 13.0 Å². The summed E-state index contributed by atoms with van der Waals surface area (Å²) >= 11 is 0. The summed E-state index contributed by atoms with van der Waals surface area (Å²) in [6.45, 7) is 5.12. The first-order valence-electron chi connectivity index (χ1n) is 6.16. The van der Waals surface area contributed by atoms with Gasteiger partial charge >= 0.3 is 0 Å². The first-order valence-corrected chi connectivity index (χ1v) is 6.16. The van der Waals surface area contributed by atoms with Crippen molar-refractivity contribution in [3.63, 3.8) is 0 Å². The van der Waals surface area contributed by atoms with E-state index in [0.29, 0.717) is 12.8 Å². The van der Waals surface area contributed by atoms with Gasteiger partial charge in [0.15, 0.2) is 0 Å². The summed E-state index contributed by atoms with van der Waals surface area (Å²) in [5.74, 6) is 0.681. The van der Waals surface area contributed by atoms with Crippen LogP contribution in [0, 0.1) is 5.92 Å². The highest BCUT2D eigenvalue weighted by atomic mass is 16.2. The molecule has 1 saturated heterocycles. The Morgan fingerprint density at radius 3 is 2.81 bits per heavy atom. The average molecular weight is 226 g/mol. The average Bonchev–Trinajstić information content (AvgIpc) is 2.63. The lowest BCUT2D eigenvalue weighted by molar-refractivity contribution is -0.125. The van der Waals surface area contributed by atoms with Gasteiger partial charge in [-0.15, -0.1) is 0 Å². The molecule has 1 aliphatic rings. The molecule has 1 aliphatic heterocycles. The number of unbranched alkanes of at least 4 members (excludes halogenated alkanes) is 1. The van der Waals surface area contributed by atoms with Gasteiger partial charge in [0.05, 0.1) is 0 Å². The number of carbonyl (C=O) groups is 2. The molecule has 4 heteroatoms. The van der Waals surface area contributed by atoms with Crippen LogP contribution in [0.5, 0.6) is 0 Å². The highest BCUT2D eigenvalue weighted by Gasteiger charge is 2.26. The van der Waals surface area contributed by atoms with Crippen LogP contribution in [0.1, 0.15) is 46.0 Å². The van der Waals surface area contributed by atoms with Crippen LogP contribution in [0.2, 0.25) is 0 Å². The van der Waals surface area contributed by atoms with Gasteiger partial charge in [-0.1, -0.05) is 26.7 Å². The van der Waals surface area contributed by atoms with Crippen molar-refractivity contribution in [3.05, 3.63) is 0 Å². The third-order valence-electron chi connectivity index (χ3n) is 2.82. The van der Waals surface area contributed by atoms with Gasteiger partial charge in [-0.3, -0.25) is 9.59 Å². The molecule has 2 amide bonds. The Morgan fingerprint density at radius 2 is 2.25 bits per heavy atom. The lowest BCUT2D eigenvalue weighted by atomic mass is 10.1. The quantitative estimate of drug-likeness (QED) is 0.669. The van der Waals surface area contributed by atoms with E-state index in [-0.39, 0.29) is 17.9 Å². The molecule has 0 radical (unpaired) electrons. The Balaban J connectivity index is 2.04. The van der Waals surface area contributed by atoms with E-state index < -0.39 is 0 Å². The zero-order valence-electron chi connectivity index (χ0n) is 10.2. The fourth-order valence-corrected chi connectivity index (χ4v) is 1.82. The third kappa shape index (κ3) is 4.64. The number of rotatable bonds is 6. The van der Waals surface area contributed by atoms with Gasteiger partial charge in [-0.2, -0.15) is 0 Å². The Labute approximate surface area is 97.2 Å². The minimum absolute atomic E-state index is 0.0139. The molecule has 1 unspecified atom stereocenters. The van der Waals surface area contributed by atoms with Crippen LogP contribution in [0.4, 0.5) is 0 Å². The number of hydrogen-bond acceptors (Lipinski definition) is 2. The summed E-state index contributed by atoms with van der Waals surface area (Å²) in [4.78, 5) is 22.5. The third-order valence-corrected chi connectivity index (χ3v) is 2.82. The van der Waals surface area contributed by atoms with E-state index in [2.05, 4.69) is 24.5 Å². The number of nitrogens with one attached hydrogen (secondary N) is 2. The maximum atomic E-state index is 11.6. The molecule has 0 aliphatic carbocycles.